The number of aliphatic carboxylic acids is 1. The molecule has 2 unspecified atom stereocenters. The largest absolute Gasteiger partial charge is 0.550 e. The van der Waals surface area contributed by atoms with Crippen molar-refractivity contribution in [1.29, 1.82) is 0 Å². The quantitative estimate of drug-likeness (QED) is 0.292. The molecule has 0 amide bonds. The second kappa shape index (κ2) is 12.4. The minimum absolute atomic E-state index is 0.0634. The van der Waals surface area contributed by atoms with Gasteiger partial charge < -0.3 is 29.6 Å². The maximum atomic E-state index is 14.4. The SMILES string of the molecule is [2H]C(C)(C)C([2H])([2H])[C@@]([2H])(C(=O)O[C@@]1(C)C(C)(C)[C@@H](OC)C=C2C=C[C@H](C)[C@H](C(C)C[C@@](C)(O)C(C)(C)[C@@H](O)C(C)C(=O)[O-])[C@]21C)C([2H])([2H])[2H]. The van der Waals surface area contributed by atoms with E-state index in [2.05, 4.69) is 0 Å². The average Bonchev–Trinajstić information content (AvgIpc) is 2.92. The van der Waals surface area contributed by atoms with E-state index in [1.165, 1.54) is 21.0 Å². The standard InChI is InChI=1S/C35H60O7/c1-20(2)17-22(4)30(39)42-35(13)31(7,8)26(41-14)18-25-16-15-21(3)27(34(25,35)12)23(5)19-33(11,40)32(9,10)28(36)24(6)29(37)38/h15-16,18,20-24,26-28,36,40H,17,19H2,1-14H3,(H,37,38)/p-1/t21-,22-,23?,24?,26-,27+,28-,33+,34-,35-/m0/s1/i4D3,17D2,20D,22D. The van der Waals surface area contributed by atoms with Crippen molar-refractivity contribution in [3.8, 4) is 0 Å². The van der Waals surface area contributed by atoms with Gasteiger partial charge in [-0.2, -0.15) is 0 Å². The Morgan fingerprint density at radius 3 is 2.24 bits per heavy atom. The summed E-state index contributed by atoms with van der Waals surface area (Å²) < 4.78 is 71.7. The maximum Gasteiger partial charge on any atom is 0.309 e. The molecule has 242 valence electrons. The lowest BCUT2D eigenvalue weighted by Crippen LogP contribution is -2.68. The lowest BCUT2D eigenvalue weighted by atomic mass is 9.44. The first kappa shape index (κ1) is 26.7. The Balaban J connectivity index is 2.88. The van der Waals surface area contributed by atoms with Crippen molar-refractivity contribution in [3.05, 3.63) is 23.8 Å². The highest BCUT2D eigenvalue weighted by molar-refractivity contribution is 5.73. The zero-order chi connectivity index (χ0) is 38.9. The third-order valence-electron chi connectivity index (χ3n) is 11.1. The third kappa shape index (κ3) is 5.99. The van der Waals surface area contributed by atoms with Crippen molar-refractivity contribution in [1.82, 2.24) is 0 Å². The van der Waals surface area contributed by atoms with E-state index in [0.717, 1.165) is 13.8 Å². The molecule has 0 heterocycles. The van der Waals surface area contributed by atoms with E-state index >= 15 is 0 Å². The van der Waals surface area contributed by atoms with Crippen LogP contribution in [0.1, 0.15) is 112 Å². The number of fused-ring (bicyclic) bond motifs is 1. The molecule has 10 atom stereocenters. The summed E-state index contributed by atoms with van der Waals surface area (Å²) in [6, 6.07) is 0. The van der Waals surface area contributed by atoms with Crippen molar-refractivity contribution < 1.29 is 44.0 Å². The van der Waals surface area contributed by atoms with Gasteiger partial charge in [-0.1, -0.05) is 94.3 Å². The van der Waals surface area contributed by atoms with E-state index in [0.29, 0.717) is 5.57 Å². The summed E-state index contributed by atoms with van der Waals surface area (Å²) >= 11 is 0. The number of hydrogen-bond acceptors (Lipinski definition) is 7. The number of esters is 1. The number of aliphatic hydroxyl groups excluding tert-OH is 1. The molecule has 0 saturated heterocycles. The number of ether oxygens (including phenoxy) is 2. The van der Waals surface area contributed by atoms with Crippen LogP contribution in [0.2, 0.25) is 0 Å². The van der Waals surface area contributed by atoms with Gasteiger partial charge in [0, 0.05) is 44.8 Å². The second-order valence-electron chi connectivity index (χ2n) is 14.6. The highest BCUT2D eigenvalue weighted by Gasteiger charge is 2.67. The molecule has 0 aromatic carbocycles. The van der Waals surface area contributed by atoms with Gasteiger partial charge in [-0.15, -0.1) is 0 Å². The number of carbonyl (C=O) groups excluding carboxylic acids is 2. The van der Waals surface area contributed by atoms with Crippen LogP contribution in [0.15, 0.2) is 23.8 Å². The Bertz CT molecular complexity index is 1330. The molecule has 42 heavy (non-hydrogen) atoms. The zero-order valence-electron chi connectivity index (χ0n) is 34.8. The van der Waals surface area contributed by atoms with Crippen LogP contribution in [0.5, 0.6) is 0 Å². The van der Waals surface area contributed by atoms with Gasteiger partial charge in [0.05, 0.1) is 23.7 Å². The summed E-state index contributed by atoms with van der Waals surface area (Å²) in [5.74, 6) is -11.1. The summed E-state index contributed by atoms with van der Waals surface area (Å²) in [6.45, 7) is 15.7. The predicted octanol–water partition coefficient (Wildman–Crippen LogP) is 5.33. The summed E-state index contributed by atoms with van der Waals surface area (Å²) in [5, 5.41) is 34.7. The molecule has 2 N–H and O–H groups in total. The fraction of sp³-hybridized carbons (Fsp3) is 0.829. The number of methoxy groups -OCH3 is 1. The molecule has 0 bridgehead atoms. The smallest absolute Gasteiger partial charge is 0.309 e. The first-order valence-corrected chi connectivity index (χ1v) is 14.9. The van der Waals surface area contributed by atoms with E-state index in [1.807, 2.05) is 39.0 Å². The molecule has 7 heteroatoms. The summed E-state index contributed by atoms with van der Waals surface area (Å²) in [4.78, 5) is 26.0. The van der Waals surface area contributed by atoms with Crippen LogP contribution in [0.3, 0.4) is 0 Å². The fourth-order valence-corrected chi connectivity index (χ4v) is 7.72. The van der Waals surface area contributed by atoms with E-state index in [4.69, 9.17) is 19.1 Å². The molecular formula is C35H59O7-. The summed E-state index contributed by atoms with van der Waals surface area (Å²) in [5.41, 5.74) is -6.21. The monoisotopic (exact) mass is 598 g/mol. The molecular weight excluding hydrogens is 532 g/mol. The molecule has 0 saturated carbocycles. The van der Waals surface area contributed by atoms with Crippen molar-refractivity contribution >= 4 is 11.9 Å². The molecule has 0 aromatic rings. The van der Waals surface area contributed by atoms with E-state index in [9.17, 15) is 24.9 Å². The van der Waals surface area contributed by atoms with Gasteiger partial charge in [-0.25, -0.2) is 0 Å². The number of rotatable bonds is 12. The van der Waals surface area contributed by atoms with E-state index in [-0.39, 0.29) is 12.3 Å². The highest BCUT2D eigenvalue weighted by atomic mass is 16.6. The normalized spacial score (nSPS) is 37.6. The molecule has 0 aromatic heterocycles. The van der Waals surface area contributed by atoms with Crippen molar-refractivity contribution in [2.45, 2.75) is 126 Å². The van der Waals surface area contributed by atoms with Crippen LogP contribution < -0.4 is 5.11 Å². The maximum absolute atomic E-state index is 14.4. The number of carboxylic acids is 1. The second-order valence-corrected chi connectivity index (χ2v) is 14.6. The average molecular weight is 599 g/mol. The number of carbonyl (C=O) groups is 2. The first-order chi connectivity index (χ1) is 21.6. The van der Waals surface area contributed by atoms with Gasteiger partial charge in [0.25, 0.3) is 0 Å². The number of carboxylic acid groups (broad SMARTS) is 1. The third-order valence-corrected chi connectivity index (χ3v) is 11.1. The van der Waals surface area contributed by atoms with Crippen molar-refractivity contribution in [2.75, 3.05) is 7.11 Å². The van der Waals surface area contributed by atoms with Gasteiger partial charge >= 0.3 is 5.97 Å². The van der Waals surface area contributed by atoms with Crippen LogP contribution >= 0.6 is 0 Å². The molecule has 2 aliphatic rings. The van der Waals surface area contributed by atoms with Crippen molar-refractivity contribution in [2.24, 2.45) is 51.7 Å². The number of hydrogen-bond donors (Lipinski definition) is 2. The fourth-order valence-electron chi connectivity index (χ4n) is 7.72. The van der Waals surface area contributed by atoms with Crippen molar-refractivity contribution in [3.63, 3.8) is 0 Å². The minimum Gasteiger partial charge on any atom is -0.550 e. The highest BCUT2D eigenvalue weighted by Crippen LogP contribution is 2.65. The van der Waals surface area contributed by atoms with Crippen LogP contribution in [-0.4, -0.2) is 52.7 Å². The van der Waals surface area contributed by atoms with Gasteiger partial charge in [-0.3, -0.25) is 4.79 Å². The van der Waals surface area contributed by atoms with E-state index in [1.54, 1.807) is 34.6 Å². The topological polar surface area (TPSA) is 116 Å². The molecule has 7 nitrogen and oxygen atoms in total. The Kier molecular flexibility index (Phi) is 7.85. The Hall–Kier alpha value is -1.70. The Morgan fingerprint density at radius 1 is 1.19 bits per heavy atom. The van der Waals surface area contributed by atoms with Gasteiger partial charge in [0.2, 0.25) is 0 Å². The van der Waals surface area contributed by atoms with Crippen LogP contribution in [0.25, 0.3) is 0 Å². The molecule has 0 spiro atoms. The summed E-state index contributed by atoms with van der Waals surface area (Å²) in [6.07, 6.45) is 0.508. The summed E-state index contributed by atoms with van der Waals surface area (Å²) in [7, 11) is 1.49. The molecule has 2 rings (SSSR count). The Labute approximate surface area is 265 Å². The van der Waals surface area contributed by atoms with E-state index < -0.39 is 94.4 Å². The zero-order valence-corrected chi connectivity index (χ0v) is 27.8. The Morgan fingerprint density at radius 2 is 1.76 bits per heavy atom. The van der Waals surface area contributed by atoms with Gasteiger partial charge in [0.15, 0.2) is 0 Å². The van der Waals surface area contributed by atoms with Gasteiger partial charge in [0.1, 0.15) is 5.60 Å². The first-order valence-electron chi connectivity index (χ1n) is 18.4. The van der Waals surface area contributed by atoms with Gasteiger partial charge in [-0.05, 0) is 55.9 Å². The lowest BCUT2D eigenvalue weighted by Gasteiger charge is -2.64. The van der Waals surface area contributed by atoms with Crippen LogP contribution in [0.4, 0.5) is 0 Å². The molecule has 0 aliphatic heterocycles. The molecule has 2 aliphatic carbocycles. The minimum atomic E-state index is -3.53. The molecule has 0 fully saturated rings. The predicted molar refractivity (Wildman–Crippen MR) is 164 cm³/mol. The molecule has 0 radical (unpaired) electrons. The number of aliphatic hydroxyl groups is 2. The lowest BCUT2D eigenvalue weighted by molar-refractivity contribution is -0.316. The van der Waals surface area contributed by atoms with Crippen LogP contribution in [0, 0.1) is 51.7 Å². The number of allylic oxidation sites excluding steroid dienone is 2. The van der Waals surface area contributed by atoms with Crippen LogP contribution in [-0.2, 0) is 19.1 Å².